The summed E-state index contributed by atoms with van der Waals surface area (Å²) in [5.41, 5.74) is 4.20. The number of amides is 2. The van der Waals surface area contributed by atoms with Gasteiger partial charge < -0.3 is 14.4 Å². The fourth-order valence-electron chi connectivity index (χ4n) is 5.11. The van der Waals surface area contributed by atoms with Gasteiger partial charge in [-0.1, -0.05) is 32.0 Å². The molecule has 5 rings (SSSR count). The molecule has 1 aromatic heterocycles. The van der Waals surface area contributed by atoms with Crippen molar-refractivity contribution in [1.82, 2.24) is 9.55 Å². The maximum atomic E-state index is 13.6. The van der Waals surface area contributed by atoms with Crippen molar-refractivity contribution in [2.75, 3.05) is 22.9 Å². The van der Waals surface area contributed by atoms with Gasteiger partial charge in [0.25, 0.3) is 0 Å². The molecule has 0 N–H and O–H groups in total. The van der Waals surface area contributed by atoms with Gasteiger partial charge in [-0.25, -0.2) is 4.98 Å². The normalized spacial score (nSPS) is 19.7. The molecule has 2 atom stereocenters. The van der Waals surface area contributed by atoms with Gasteiger partial charge in [-0.2, -0.15) is 5.26 Å². The molecule has 3 aromatic rings. The van der Waals surface area contributed by atoms with Gasteiger partial charge in [0.15, 0.2) is 0 Å². The summed E-state index contributed by atoms with van der Waals surface area (Å²) in [6, 6.07) is 15.5. The maximum Gasteiger partial charge on any atom is 0.232 e. The Morgan fingerprint density at radius 1 is 1.24 bits per heavy atom. The molecule has 0 saturated carbocycles. The third-order valence-corrected chi connectivity index (χ3v) is 7.08. The number of carbonyl (C=O) groups is 2. The lowest BCUT2D eigenvalue weighted by atomic mass is 9.85. The van der Waals surface area contributed by atoms with Gasteiger partial charge in [0.2, 0.25) is 11.8 Å². The van der Waals surface area contributed by atoms with E-state index in [4.69, 9.17) is 0 Å². The summed E-state index contributed by atoms with van der Waals surface area (Å²) in [4.78, 5) is 34.0. The first-order valence-corrected chi connectivity index (χ1v) is 11.5. The average Bonchev–Trinajstić information content (AvgIpc) is 3.56. The predicted molar refractivity (Wildman–Crippen MR) is 129 cm³/mol. The molecule has 7 nitrogen and oxygen atoms in total. The van der Waals surface area contributed by atoms with Gasteiger partial charge in [0.1, 0.15) is 0 Å². The van der Waals surface area contributed by atoms with Crippen molar-refractivity contribution in [3.05, 3.63) is 77.9 Å². The number of hydrogen-bond donors (Lipinski definition) is 0. The number of fused-ring (bicyclic) bond motifs is 1. The van der Waals surface area contributed by atoms with E-state index in [2.05, 4.69) is 48.5 Å². The SMILES string of the molecule is CC(c1ccc2c(c1)C(C)(C)CN2C(=O)C1CC(=O)N(c2cccc(C#N)c2)C1)n1ccnc1. The molecular weight excluding hydrogens is 426 g/mol. The Kier molecular flexibility index (Phi) is 5.24. The van der Waals surface area contributed by atoms with Crippen molar-refractivity contribution in [3.8, 4) is 6.07 Å². The molecule has 34 heavy (non-hydrogen) atoms. The molecule has 1 fully saturated rings. The van der Waals surface area contributed by atoms with Crippen LogP contribution in [0.2, 0.25) is 0 Å². The van der Waals surface area contributed by atoms with Crippen LogP contribution >= 0.6 is 0 Å². The van der Waals surface area contributed by atoms with E-state index in [9.17, 15) is 14.9 Å². The second-order valence-electron chi connectivity index (χ2n) is 9.84. The van der Waals surface area contributed by atoms with Crippen LogP contribution in [0.25, 0.3) is 0 Å². The highest BCUT2D eigenvalue weighted by molar-refractivity contribution is 6.05. The van der Waals surface area contributed by atoms with Crippen molar-refractivity contribution in [3.63, 3.8) is 0 Å². The van der Waals surface area contributed by atoms with Crippen LogP contribution in [-0.2, 0) is 15.0 Å². The Labute approximate surface area is 199 Å². The molecule has 0 bridgehead atoms. The van der Waals surface area contributed by atoms with Crippen molar-refractivity contribution in [1.29, 1.82) is 5.26 Å². The fraction of sp³-hybridized carbons (Fsp3) is 0.333. The molecule has 7 heteroatoms. The quantitative estimate of drug-likeness (QED) is 0.597. The van der Waals surface area contributed by atoms with Crippen molar-refractivity contribution in [2.24, 2.45) is 5.92 Å². The van der Waals surface area contributed by atoms with Crippen LogP contribution in [-0.4, -0.2) is 34.5 Å². The topological polar surface area (TPSA) is 82.2 Å². The van der Waals surface area contributed by atoms with E-state index in [1.165, 1.54) is 5.56 Å². The summed E-state index contributed by atoms with van der Waals surface area (Å²) >= 11 is 0. The summed E-state index contributed by atoms with van der Waals surface area (Å²) in [5.74, 6) is -0.518. The van der Waals surface area contributed by atoms with E-state index in [0.717, 1.165) is 11.3 Å². The molecule has 172 valence electrons. The molecule has 0 aliphatic carbocycles. The summed E-state index contributed by atoms with van der Waals surface area (Å²) < 4.78 is 2.06. The van der Waals surface area contributed by atoms with Gasteiger partial charge in [-0.15, -0.1) is 0 Å². The third-order valence-electron chi connectivity index (χ3n) is 7.08. The van der Waals surface area contributed by atoms with E-state index < -0.39 is 5.92 Å². The molecule has 2 unspecified atom stereocenters. The molecular formula is C27H27N5O2. The van der Waals surface area contributed by atoms with E-state index in [1.807, 2.05) is 29.6 Å². The van der Waals surface area contributed by atoms with Crippen LogP contribution < -0.4 is 9.80 Å². The first kappa shape index (κ1) is 21.9. The number of imidazole rings is 1. The highest BCUT2D eigenvalue weighted by atomic mass is 16.2. The zero-order valence-electron chi connectivity index (χ0n) is 19.6. The summed E-state index contributed by atoms with van der Waals surface area (Å²) in [6.45, 7) is 7.36. The van der Waals surface area contributed by atoms with Gasteiger partial charge in [0, 0.05) is 48.7 Å². The monoisotopic (exact) mass is 453 g/mol. The highest BCUT2D eigenvalue weighted by Gasteiger charge is 2.43. The number of nitriles is 1. The number of benzene rings is 2. The minimum absolute atomic E-state index is 0.0190. The number of hydrogen-bond acceptors (Lipinski definition) is 4. The van der Waals surface area contributed by atoms with Crippen molar-refractivity contribution in [2.45, 2.75) is 38.6 Å². The zero-order valence-corrected chi connectivity index (χ0v) is 19.6. The molecule has 1 saturated heterocycles. The number of nitrogens with zero attached hydrogens (tertiary/aromatic N) is 5. The lowest BCUT2D eigenvalue weighted by Gasteiger charge is -2.23. The number of rotatable bonds is 4. The number of carbonyl (C=O) groups excluding carboxylic acids is 2. The van der Waals surface area contributed by atoms with E-state index >= 15 is 0 Å². The van der Waals surface area contributed by atoms with E-state index in [0.29, 0.717) is 24.3 Å². The summed E-state index contributed by atoms with van der Waals surface area (Å²) in [7, 11) is 0. The zero-order chi connectivity index (χ0) is 24.0. The number of anilines is 2. The third kappa shape index (κ3) is 3.65. The smallest absolute Gasteiger partial charge is 0.232 e. The fourth-order valence-corrected chi connectivity index (χ4v) is 5.11. The Balaban J connectivity index is 1.40. The molecule has 2 aliphatic rings. The van der Waals surface area contributed by atoms with Crippen LogP contribution in [0, 0.1) is 17.2 Å². The van der Waals surface area contributed by atoms with Crippen LogP contribution in [0.1, 0.15) is 49.9 Å². The minimum atomic E-state index is -0.412. The Morgan fingerprint density at radius 3 is 2.79 bits per heavy atom. The van der Waals surface area contributed by atoms with Crippen LogP contribution in [0.15, 0.2) is 61.2 Å². The second-order valence-corrected chi connectivity index (χ2v) is 9.84. The van der Waals surface area contributed by atoms with Crippen molar-refractivity contribution >= 4 is 23.2 Å². The minimum Gasteiger partial charge on any atom is -0.330 e. The van der Waals surface area contributed by atoms with Crippen molar-refractivity contribution < 1.29 is 9.59 Å². The summed E-state index contributed by atoms with van der Waals surface area (Å²) in [6.07, 6.45) is 5.72. The van der Waals surface area contributed by atoms with Gasteiger partial charge >= 0.3 is 0 Å². The Morgan fingerprint density at radius 2 is 2.06 bits per heavy atom. The molecule has 0 radical (unpaired) electrons. The van der Waals surface area contributed by atoms with Gasteiger partial charge in [0.05, 0.1) is 29.9 Å². The number of aromatic nitrogens is 2. The summed E-state index contributed by atoms with van der Waals surface area (Å²) in [5, 5.41) is 9.19. The van der Waals surface area contributed by atoms with E-state index in [1.54, 1.807) is 29.3 Å². The Hall–Kier alpha value is -3.92. The molecule has 2 aliphatic heterocycles. The molecule has 2 amide bonds. The second kappa shape index (κ2) is 8.14. The Bertz CT molecular complexity index is 1300. The predicted octanol–water partition coefficient (Wildman–Crippen LogP) is 4.04. The molecule has 0 spiro atoms. The molecule has 2 aromatic carbocycles. The van der Waals surface area contributed by atoms with Gasteiger partial charge in [-0.3, -0.25) is 9.59 Å². The lowest BCUT2D eigenvalue weighted by Crippen LogP contribution is -2.39. The van der Waals surface area contributed by atoms with Crippen LogP contribution in [0.3, 0.4) is 0 Å². The highest BCUT2D eigenvalue weighted by Crippen LogP contribution is 2.43. The first-order chi connectivity index (χ1) is 16.3. The standard InChI is InChI=1S/C27H27N5O2/c1-18(30-10-9-29-17-30)20-7-8-24-23(12-20)27(2,3)16-32(24)26(34)21-13-25(33)31(15-21)22-6-4-5-19(11-22)14-28/h4-12,17-18,21H,13,15-16H2,1-3H3. The first-order valence-electron chi connectivity index (χ1n) is 11.5. The van der Waals surface area contributed by atoms with E-state index in [-0.39, 0.29) is 29.7 Å². The molecule has 3 heterocycles. The largest absolute Gasteiger partial charge is 0.330 e. The van der Waals surface area contributed by atoms with Crippen LogP contribution in [0.4, 0.5) is 11.4 Å². The lowest BCUT2D eigenvalue weighted by molar-refractivity contribution is -0.124. The average molecular weight is 454 g/mol. The van der Waals surface area contributed by atoms with Gasteiger partial charge in [-0.05, 0) is 42.3 Å². The maximum absolute atomic E-state index is 13.6. The van der Waals surface area contributed by atoms with Crippen LogP contribution in [0.5, 0.6) is 0 Å².